The van der Waals surface area contributed by atoms with E-state index in [2.05, 4.69) is 0 Å². The molecule has 0 saturated carbocycles. The van der Waals surface area contributed by atoms with Crippen LogP contribution >= 0.6 is 0 Å². The summed E-state index contributed by atoms with van der Waals surface area (Å²) in [5, 5.41) is 30.9. The molecule has 0 aliphatic heterocycles. The van der Waals surface area contributed by atoms with E-state index in [1.54, 1.807) is 0 Å². The number of fused-ring (bicyclic) bond motifs is 1. The first kappa shape index (κ1) is 13.0. The SMILES string of the molecule is Cc1ccc2ccccc2c1C(O)C(O)CCO. The fraction of sp³-hybridized carbons (Fsp3) is 0.333. The van der Waals surface area contributed by atoms with Gasteiger partial charge in [-0.15, -0.1) is 0 Å². The van der Waals surface area contributed by atoms with Crippen LogP contribution in [0, 0.1) is 6.92 Å². The quantitative estimate of drug-likeness (QED) is 0.772. The second-order valence-corrected chi connectivity index (χ2v) is 4.54. The third-order valence-electron chi connectivity index (χ3n) is 3.27. The Morgan fingerprint density at radius 2 is 1.78 bits per heavy atom. The molecule has 2 atom stereocenters. The molecule has 0 heterocycles. The Bertz CT molecular complexity index is 536. The summed E-state index contributed by atoms with van der Waals surface area (Å²) < 4.78 is 0. The van der Waals surface area contributed by atoms with Gasteiger partial charge in [0.15, 0.2) is 0 Å². The summed E-state index contributed by atoms with van der Waals surface area (Å²) in [5.41, 5.74) is 1.69. The Balaban J connectivity index is 2.51. The molecule has 0 spiro atoms. The van der Waals surface area contributed by atoms with Crippen LogP contribution in [0.4, 0.5) is 0 Å². The summed E-state index contributed by atoms with van der Waals surface area (Å²) in [4.78, 5) is 0. The van der Waals surface area contributed by atoms with Crippen LogP contribution in [-0.4, -0.2) is 28.0 Å². The van der Waals surface area contributed by atoms with E-state index in [9.17, 15) is 10.2 Å². The van der Waals surface area contributed by atoms with Crippen molar-refractivity contribution in [3.63, 3.8) is 0 Å². The minimum Gasteiger partial charge on any atom is -0.396 e. The molecule has 2 aromatic rings. The maximum Gasteiger partial charge on any atom is 0.106 e. The molecule has 18 heavy (non-hydrogen) atoms. The first-order valence-electron chi connectivity index (χ1n) is 6.10. The zero-order chi connectivity index (χ0) is 13.1. The molecule has 3 nitrogen and oxygen atoms in total. The maximum atomic E-state index is 10.2. The van der Waals surface area contributed by atoms with Crippen LogP contribution in [0.15, 0.2) is 36.4 Å². The minimum atomic E-state index is -0.969. The van der Waals surface area contributed by atoms with Gasteiger partial charge in [-0.25, -0.2) is 0 Å². The number of aryl methyl sites for hydroxylation is 1. The molecule has 0 radical (unpaired) electrons. The standard InChI is InChI=1S/C15H18O3/c1-10-6-7-11-4-2-3-5-12(11)14(10)15(18)13(17)8-9-16/h2-7,13,15-18H,8-9H2,1H3. The summed E-state index contributed by atoms with van der Waals surface area (Å²) in [6.45, 7) is 1.78. The Hall–Kier alpha value is -1.42. The number of hydrogen-bond acceptors (Lipinski definition) is 3. The van der Waals surface area contributed by atoms with Gasteiger partial charge in [0.25, 0.3) is 0 Å². The van der Waals surface area contributed by atoms with Crippen LogP contribution in [0.5, 0.6) is 0 Å². The van der Waals surface area contributed by atoms with E-state index in [1.165, 1.54) is 0 Å². The van der Waals surface area contributed by atoms with E-state index in [-0.39, 0.29) is 13.0 Å². The smallest absolute Gasteiger partial charge is 0.106 e. The minimum absolute atomic E-state index is 0.137. The fourth-order valence-corrected chi connectivity index (χ4v) is 2.28. The van der Waals surface area contributed by atoms with Gasteiger partial charge < -0.3 is 15.3 Å². The van der Waals surface area contributed by atoms with Gasteiger partial charge >= 0.3 is 0 Å². The predicted molar refractivity (Wildman–Crippen MR) is 71.4 cm³/mol. The molecule has 0 aromatic heterocycles. The highest BCUT2D eigenvalue weighted by atomic mass is 16.3. The van der Waals surface area contributed by atoms with E-state index < -0.39 is 12.2 Å². The van der Waals surface area contributed by atoms with Gasteiger partial charge in [-0.1, -0.05) is 36.4 Å². The van der Waals surface area contributed by atoms with Crippen molar-refractivity contribution in [1.29, 1.82) is 0 Å². The van der Waals surface area contributed by atoms with Crippen molar-refractivity contribution in [3.05, 3.63) is 47.5 Å². The summed E-state index contributed by atoms with van der Waals surface area (Å²) in [6.07, 6.45) is -1.74. The largest absolute Gasteiger partial charge is 0.396 e. The maximum absolute atomic E-state index is 10.2. The first-order chi connectivity index (χ1) is 8.65. The molecule has 0 fully saturated rings. The Kier molecular flexibility index (Phi) is 3.97. The lowest BCUT2D eigenvalue weighted by atomic mass is 9.92. The average Bonchev–Trinajstić information content (AvgIpc) is 2.38. The first-order valence-corrected chi connectivity index (χ1v) is 6.10. The van der Waals surface area contributed by atoms with E-state index in [0.29, 0.717) is 0 Å². The molecule has 0 bridgehead atoms. The van der Waals surface area contributed by atoms with Crippen molar-refractivity contribution >= 4 is 10.8 Å². The van der Waals surface area contributed by atoms with Gasteiger partial charge in [-0.2, -0.15) is 0 Å². The van der Waals surface area contributed by atoms with E-state index in [0.717, 1.165) is 21.9 Å². The number of benzene rings is 2. The molecular formula is C15H18O3. The summed E-state index contributed by atoms with van der Waals surface area (Å²) in [7, 11) is 0. The molecule has 2 unspecified atom stereocenters. The van der Waals surface area contributed by atoms with Crippen molar-refractivity contribution in [1.82, 2.24) is 0 Å². The van der Waals surface area contributed by atoms with Crippen LogP contribution in [0.3, 0.4) is 0 Å². The van der Waals surface area contributed by atoms with Gasteiger partial charge in [0.05, 0.1) is 6.10 Å². The zero-order valence-corrected chi connectivity index (χ0v) is 10.4. The number of aliphatic hydroxyl groups excluding tert-OH is 3. The molecule has 0 aliphatic carbocycles. The summed E-state index contributed by atoms with van der Waals surface area (Å²) >= 11 is 0. The third-order valence-corrected chi connectivity index (χ3v) is 3.27. The Morgan fingerprint density at radius 1 is 1.06 bits per heavy atom. The molecule has 96 valence electrons. The average molecular weight is 246 g/mol. The molecular weight excluding hydrogens is 228 g/mol. The topological polar surface area (TPSA) is 60.7 Å². The van der Waals surface area contributed by atoms with Crippen LogP contribution in [0.25, 0.3) is 10.8 Å². The summed E-state index contributed by atoms with van der Waals surface area (Å²) in [6, 6.07) is 11.7. The van der Waals surface area contributed by atoms with E-state index >= 15 is 0 Å². The lowest BCUT2D eigenvalue weighted by molar-refractivity contribution is 0.00468. The monoisotopic (exact) mass is 246 g/mol. The second-order valence-electron chi connectivity index (χ2n) is 4.54. The molecule has 3 N–H and O–H groups in total. The highest BCUT2D eigenvalue weighted by molar-refractivity contribution is 5.87. The van der Waals surface area contributed by atoms with Crippen molar-refractivity contribution in [3.8, 4) is 0 Å². The van der Waals surface area contributed by atoms with Crippen LogP contribution in [-0.2, 0) is 0 Å². The molecule has 2 rings (SSSR count). The number of rotatable bonds is 4. The number of hydrogen-bond donors (Lipinski definition) is 3. The van der Waals surface area contributed by atoms with Crippen molar-refractivity contribution < 1.29 is 15.3 Å². The Morgan fingerprint density at radius 3 is 2.50 bits per heavy atom. The molecule has 3 heteroatoms. The van der Waals surface area contributed by atoms with Crippen LogP contribution in [0.1, 0.15) is 23.7 Å². The normalized spacial score (nSPS) is 14.7. The van der Waals surface area contributed by atoms with Gasteiger partial charge in [0.2, 0.25) is 0 Å². The summed E-state index contributed by atoms with van der Waals surface area (Å²) in [5.74, 6) is 0. The van der Waals surface area contributed by atoms with Crippen LogP contribution < -0.4 is 0 Å². The van der Waals surface area contributed by atoms with Gasteiger partial charge in [0, 0.05) is 6.61 Å². The zero-order valence-electron chi connectivity index (χ0n) is 10.4. The second kappa shape index (κ2) is 5.48. The van der Waals surface area contributed by atoms with E-state index in [1.807, 2.05) is 43.3 Å². The van der Waals surface area contributed by atoms with Gasteiger partial charge in [-0.05, 0) is 35.2 Å². The van der Waals surface area contributed by atoms with Gasteiger partial charge in [-0.3, -0.25) is 0 Å². The highest BCUT2D eigenvalue weighted by Gasteiger charge is 2.21. The Labute approximate surface area is 106 Å². The predicted octanol–water partition coefficient (Wildman–Crippen LogP) is 1.92. The number of aliphatic hydroxyl groups is 3. The third kappa shape index (κ3) is 2.38. The lowest BCUT2D eigenvalue weighted by Gasteiger charge is -2.21. The van der Waals surface area contributed by atoms with Crippen LogP contribution in [0.2, 0.25) is 0 Å². The van der Waals surface area contributed by atoms with Gasteiger partial charge in [0.1, 0.15) is 6.10 Å². The van der Waals surface area contributed by atoms with E-state index in [4.69, 9.17) is 5.11 Å². The molecule has 0 amide bonds. The highest BCUT2D eigenvalue weighted by Crippen LogP contribution is 2.30. The van der Waals surface area contributed by atoms with Crippen molar-refractivity contribution in [2.75, 3.05) is 6.61 Å². The van der Waals surface area contributed by atoms with Crippen molar-refractivity contribution in [2.24, 2.45) is 0 Å². The fourth-order valence-electron chi connectivity index (χ4n) is 2.28. The lowest BCUT2D eigenvalue weighted by Crippen LogP contribution is -2.20. The van der Waals surface area contributed by atoms with Crippen molar-refractivity contribution in [2.45, 2.75) is 25.6 Å². The molecule has 0 aliphatic rings. The molecule has 0 saturated heterocycles. The molecule has 2 aromatic carbocycles.